The van der Waals surface area contributed by atoms with E-state index in [2.05, 4.69) is 17.1 Å². The Labute approximate surface area is 176 Å². The maximum absolute atomic E-state index is 13.0. The molecule has 2 amide bonds. The molecule has 0 radical (unpaired) electrons. The predicted molar refractivity (Wildman–Crippen MR) is 113 cm³/mol. The Kier molecular flexibility index (Phi) is 7.79. The Bertz CT molecular complexity index is 832. The second kappa shape index (κ2) is 10.7. The number of nitrogens with one attached hydrogen (secondary N) is 1. The number of carbonyl (C=O) groups excluding carboxylic acids is 2. The smallest absolute Gasteiger partial charge is 0.253 e. The number of carbonyl (C=O) groups is 2. The lowest BCUT2D eigenvalue weighted by atomic mass is 10.1. The fraction of sp³-hybridized carbons (Fsp3) is 0.391. The van der Waals surface area contributed by atoms with Crippen LogP contribution in [0.25, 0.3) is 0 Å². The first-order chi connectivity index (χ1) is 14.5. The number of hydrogen-bond acceptors (Lipinski definition) is 4. The van der Waals surface area contributed by atoms with Crippen LogP contribution in [0.3, 0.4) is 0 Å². The summed E-state index contributed by atoms with van der Waals surface area (Å²) in [5, 5.41) is 2.92. The van der Waals surface area contributed by atoms with Crippen LogP contribution < -0.4 is 10.1 Å². The molecule has 7 heteroatoms. The number of piperazine rings is 1. The van der Waals surface area contributed by atoms with Crippen molar-refractivity contribution in [2.24, 2.45) is 0 Å². The average molecular weight is 413 g/mol. The highest BCUT2D eigenvalue weighted by molar-refractivity contribution is 5.94. The third-order valence-corrected chi connectivity index (χ3v) is 5.03. The van der Waals surface area contributed by atoms with Crippen molar-refractivity contribution in [3.63, 3.8) is 0 Å². The Morgan fingerprint density at radius 1 is 0.967 bits per heavy atom. The SMILES string of the molecule is CCCCNC(=O)CN1CCN(C(=O)c2ccc(Oc3ccc(F)cc3)cc2)CC1. The Hall–Kier alpha value is -2.93. The maximum atomic E-state index is 13.0. The third kappa shape index (κ3) is 6.29. The molecule has 1 aliphatic rings. The third-order valence-electron chi connectivity index (χ3n) is 5.03. The van der Waals surface area contributed by atoms with Gasteiger partial charge >= 0.3 is 0 Å². The molecule has 3 rings (SSSR count). The van der Waals surface area contributed by atoms with Crippen molar-refractivity contribution in [3.05, 3.63) is 59.9 Å². The van der Waals surface area contributed by atoms with Gasteiger partial charge in [0.05, 0.1) is 6.54 Å². The van der Waals surface area contributed by atoms with E-state index in [1.807, 2.05) is 0 Å². The van der Waals surface area contributed by atoms with E-state index in [0.717, 1.165) is 12.8 Å². The molecule has 2 aromatic rings. The van der Waals surface area contributed by atoms with Crippen LogP contribution in [0.4, 0.5) is 4.39 Å². The molecule has 2 aromatic carbocycles. The summed E-state index contributed by atoms with van der Waals surface area (Å²) >= 11 is 0. The Morgan fingerprint density at radius 2 is 1.57 bits per heavy atom. The highest BCUT2D eigenvalue weighted by atomic mass is 19.1. The predicted octanol–water partition coefficient (Wildman–Crippen LogP) is 3.29. The van der Waals surface area contributed by atoms with Crippen molar-refractivity contribution >= 4 is 11.8 Å². The standard InChI is InChI=1S/C23H28FN3O3/c1-2-3-12-25-22(28)17-26-13-15-27(16-14-26)23(29)18-4-8-20(9-5-18)30-21-10-6-19(24)7-11-21/h4-11H,2-3,12-17H2,1H3,(H,25,28). The summed E-state index contributed by atoms with van der Waals surface area (Å²) in [6.45, 7) is 5.73. The lowest BCUT2D eigenvalue weighted by Crippen LogP contribution is -2.51. The van der Waals surface area contributed by atoms with Gasteiger partial charge in [-0.2, -0.15) is 0 Å². The molecule has 30 heavy (non-hydrogen) atoms. The van der Waals surface area contributed by atoms with Gasteiger partial charge in [0.1, 0.15) is 17.3 Å². The Morgan fingerprint density at radius 3 is 2.17 bits per heavy atom. The van der Waals surface area contributed by atoms with Crippen LogP contribution in [0.15, 0.2) is 48.5 Å². The van der Waals surface area contributed by atoms with Crippen LogP contribution in [0.1, 0.15) is 30.1 Å². The number of rotatable bonds is 8. The van der Waals surface area contributed by atoms with Crippen molar-refractivity contribution in [1.29, 1.82) is 0 Å². The first-order valence-corrected chi connectivity index (χ1v) is 10.4. The minimum absolute atomic E-state index is 0.0321. The molecule has 0 aliphatic carbocycles. The van der Waals surface area contributed by atoms with Gasteiger partial charge < -0.3 is 15.0 Å². The highest BCUT2D eigenvalue weighted by Crippen LogP contribution is 2.22. The molecule has 0 saturated carbocycles. The molecule has 0 spiro atoms. The van der Waals surface area contributed by atoms with E-state index in [-0.39, 0.29) is 17.6 Å². The largest absolute Gasteiger partial charge is 0.457 e. The van der Waals surface area contributed by atoms with Crippen molar-refractivity contribution in [1.82, 2.24) is 15.1 Å². The molecule has 1 N–H and O–H groups in total. The van der Waals surface area contributed by atoms with Crippen molar-refractivity contribution in [2.45, 2.75) is 19.8 Å². The minimum atomic E-state index is -0.319. The van der Waals surface area contributed by atoms with Gasteiger partial charge in [0.15, 0.2) is 0 Å². The van der Waals surface area contributed by atoms with Crippen LogP contribution in [-0.2, 0) is 4.79 Å². The van der Waals surface area contributed by atoms with Gasteiger partial charge in [-0.05, 0) is 55.0 Å². The van der Waals surface area contributed by atoms with Crippen molar-refractivity contribution in [2.75, 3.05) is 39.3 Å². The Balaban J connectivity index is 1.46. The zero-order valence-electron chi connectivity index (χ0n) is 17.3. The molecule has 0 aromatic heterocycles. The molecule has 1 aliphatic heterocycles. The van der Waals surface area contributed by atoms with Crippen molar-refractivity contribution < 1.29 is 18.7 Å². The highest BCUT2D eigenvalue weighted by Gasteiger charge is 2.23. The summed E-state index contributed by atoms with van der Waals surface area (Å²) in [7, 11) is 0. The van der Waals surface area contributed by atoms with Gasteiger partial charge in [0.2, 0.25) is 5.91 Å². The summed E-state index contributed by atoms with van der Waals surface area (Å²) in [5.41, 5.74) is 0.590. The van der Waals surface area contributed by atoms with Crippen LogP contribution in [-0.4, -0.2) is 60.9 Å². The molecule has 160 valence electrons. The molecule has 1 saturated heterocycles. The number of amides is 2. The van der Waals surface area contributed by atoms with Gasteiger partial charge in [0.25, 0.3) is 5.91 Å². The van der Waals surface area contributed by atoms with E-state index >= 15 is 0 Å². The van der Waals surface area contributed by atoms with Crippen LogP contribution in [0.2, 0.25) is 0 Å². The van der Waals surface area contributed by atoms with E-state index in [1.165, 1.54) is 12.1 Å². The molecule has 0 unspecified atom stereocenters. The van der Waals surface area contributed by atoms with E-state index in [1.54, 1.807) is 41.3 Å². The number of unbranched alkanes of at least 4 members (excludes halogenated alkanes) is 1. The number of nitrogens with zero attached hydrogens (tertiary/aromatic N) is 2. The topological polar surface area (TPSA) is 61.9 Å². The quantitative estimate of drug-likeness (QED) is 0.675. The lowest BCUT2D eigenvalue weighted by Gasteiger charge is -2.34. The first-order valence-electron chi connectivity index (χ1n) is 10.4. The summed E-state index contributed by atoms with van der Waals surface area (Å²) < 4.78 is 18.6. The molecule has 1 fully saturated rings. The molecule has 6 nitrogen and oxygen atoms in total. The number of halogens is 1. The van der Waals surface area contributed by atoms with Gasteiger partial charge in [-0.3, -0.25) is 14.5 Å². The van der Waals surface area contributed by atoms with Crippen LogP contribution >= 0.6 is 0 Å². The summed E-state index contributed by atoms with van der Waals surface area (Å²) in [4.78, 5) is 28.6. The number of hydrogen-bond donors (Lipinski definition) is 1. The average Bonchev–Trinajstić information content (AvgIpc) is 2.76. The van der Waals surface area contributed by atoms with Crippen LogP contribution in [0.5, 0.6) is 11.5 Å². The monoisotopic (exact) mass is 413 g/mol. The summed E-state index contributed by atoms with van der Waals surface area (Å²) in [6.07, 6.45) is 2.04. The summed E-state index contributed by atoms with van der Waals surface area (Å²) in [5.74, 6) is 0.804. The van der Waals surface area contributed by atoms with Gasteiger partial charge in [0, 0.05) is 38.3 Å². The van der Waals surface area contributed by atoms with E-state index in [0.29, 0.717) is 56.3 Å². The fourth-order valence-electron chi connectivity index (χ4n) is 3.26. The fourth-order valence-corrected chi connectivity index (χ4v) is 3.26. The molecular weight excluding hydrogens is 385 g/mol. The molecule has 0 atom stereocenters. The van der Waals surface area contributed by atoms with Gasteiger partial charge in [-0.1, -0.05) is 13.3 Å². The molecular formula is C23H28FN3O3. The van der Waals surface area contributed by atoms with E-state index < -0.39 is 0 Å². The van der Waals surface area contributed by atoms with Gasteiger partial charge in [-0.25, -0.2) is 4.39 Å². The summed E-state index contributed by atoms with van der Waals surface area (Å²) in [6, 6.07) is 12.7. The number of benzene rings is 2. The second-order valence-corrected chi connectivity index (χ2v) is 7.35. The molecule has 1 heterocycles. The minimum Gasteiger partial charge on any atom is -0.457 e. The lowest BCUT2D eigenvalue weighted by molar-refractivity contribution is -0.122. The first kappa shape index (κ1) is 21.8. The maximum Gasteiger partial charge on any atom is 0.253 e. The zero-order valence-corrected chi connectivity index (χ0v) is 17.3. The van der Waals surface area contributed by atoms with E-state index in [9.17, 15) is 14.0 Å². The molecule has 0 bridgehead atoms. The second-order valence-electron chi connectivity index (χ2n) is 7.35. The van der Waals surface area contributed by atoms with E-state index in [4.69, 9.17) is 4.74 Å². The number of ether oxygens (including phenoxy) is 1. The zero-order chi connectivity index (χ0) is 21.3. The normalized spacial score (nSPS) is 14.4. The van der Waals surface area contributed by atoms with Crippen molar-refractivity contribution in [3.8, 4) is 11.5 Å². The van der Waals surface area contributed by atoms with Gasteiger partial charge in [-0.15, -0.1) is 0 Å². The van der Waals surface area contributed by atoms with Crippen LogP contribution in [0, 0.1) is 5.82 Å².